The number of nitrogens with one attached hydrogen (secondary N) is 1. The zero-order chi connectivity index (χ0) is 14.9. The maximum atomic E-state index is 12.3. The molecule has 1 fully saturated rings. The Labute approximate surface area is 123 Å². The van der Waals surface area contributed by atoms with Crippen molar-refractivity contribution in [1.29, 1.82) is 0 Å². The molecule has 1 aromatic carbocycles. The van der Waals surface area contributed by atoms with Crippen LogP contribution in [0, 0.1) is 20.8 Å². The summed E-state index contributed by atoms with van der Waals surface area (Å²) in [5.41, 5.74) is 3.58. The molecule has 1 N–H and O–H groups in total. The van der Waals surface area contributed by atoms with Crippen molar-refractivity contribution >= 4 is 23.7 Å². The van der Waals surface area contributed by atoms with Crippen LogP contribution < -0.4 is 5.32 Å². The van der Waals surface area contributed by atoms with Gasteiger partial charge >= 0.3 is 6.03 Å². The number of thioether (sulfide) groups is 1. The van der Waals surface area contributed by atoms with Gasteiger partial charge in [0, 0.05) is 18.0 Å². The molecule has 0 saturated carbocycles. The summed E-state index contributed by atoms with van der Waals surface area (Å²) in [4.78, 5) is 26.3. The zero-order valence-electron chi connectivity index (χ0n) is 12.3. The Morgan fingerprint density at radius 2 is 1.90 bits per heavy atom. The van der Waals surface area contributed by atoms with E-state index in [2.05, 4.69) is 38.2 Å². The number of amides is 3. The Kier molecular flexibility index (Phi) is 4.38. The largest absolute Gasteiger partial charge is 0.336 e. The Balaban J connectivity index is 2.14. The third-order valence-corrected chi connectivity index (χ3v) is 4.80. The predicted molar refractivity (Wildman–Crippen MR) is 81.1 cm³/mol. The first-order valence-corrected chi connectivity index (χ1v) is 7.62. The summed E-state index contributed by atoms with van der Waals surface area (Å²) < 4.78 is 0. The van der Waals surface area contributed by atoms with Crippen molar-refractivity contribution in [2.75, 3.05) is 13.1 Å². The zero-order valence-corrected chi connectivity index (χ0v) is 13.1. The van der Waals surface area contributed by atoms with E-state index in [1.807, 2.05) is 6.92 Å². The number of urea groups is 1. The average molecular weight is 292 g/mol. The highest BCUT2D eigenvalue weighted by Gasteiger charge is 2.30. The highest BCUT2D eigenvalue weighted by molar-refractivity contribution is 8.00. The molecule has 1 saturated heterocycles. The fraction of sp³-hybridized carbons (Fsp3) is 0.467. The second kappa shape index (κ2) is 5.87. The molecule has 1 aromatic rings. The standard InChI is InChI=1S/C15H20N2O2S/c1-9-7-10(2)13(11(3)8-9)20-12(4)14(18)17-6-5-16-15(17)19/h7-8,12H,5-6H2,1-4H3,(H,16,19)/t12-/m0/s1. The van der Waals surface area contributed by atoms with Crippen LogP contribution in [-0.4, -0.2) is 35.2 Å². The maximum absolute atomic E-state index is 12.3. The van der Waals surface area contributed by atoms with Gasteiger partial charge in [-0.3, -0.25) is 9.69 Å². The van der Waals surface area contributed by atoms with E-state index < -0.39 is 0 Å². The Hall–Kier alpha value is -1.49. The van der Waals surface area contributed by atoms with E-state index in [-0.39, 0.29) is 17.2 Å². The Bertz CT molecular complexity index is 534. The van der Waals surface area contributed by atoms with E-state index in [9.17, 15) is 9.59 Å². The lowest BCUT2D eigenvalue weighted by molar-refractivity contribution is -0.126. The molecule has 1 heterocycles. The molecule has 3 amide bonds. The van der Waals surface area contributed by atoms with Gasteiger partial charge in [-0.25, -0.2) is 4.79 Å². The van der Waals surface area contributed by atoms with Gasteiger partial charge in [0.2, 0.25) is 5.91 Å². The van der Waals surface area contributed by atoms with Gasteiger partial charge < -0.3 is 5.32 Å². The maximum Gasteiger partial charge on any atom is 0.324 e. The number of benzene rings is 1. The molecule has 0 aliphatic carbocycles. The minimum Gasteiger partial charge on any atom is -0.336 e. The van der Waals surface area contributed by atoms with Gasteiger partial charge in [0.05, 0.1) is 5.25 Å². The molecule has 1 aliphatic heterocycles. The van der Waals surface area contributed by atoms with Crippen LogP contribution in [0.3, 0.4) is 0 Å². The lowest BCUT2D eigenvalue weighted by Gasteiger charge is -2.19. The van der Waals surface area contributed by atoms with Crippen LogP contribution in [0.4, 0.5) is 4.79 Å². The first-order valence-electron chi connectivity index (χ1n) is 6.74. The van der Waals surface area contributed by atoms with Crippen LogP contribution in [0.1, 0.15) is 23.6 Å². The van der Waals surface area contributed by atoms with E-state index in [1.54, 1.807) is 0 Å². The summed E-state index contributed by atoms with van der Waals surface area (Å²) in [5, 5.41) is 2.39. The molecule has 1 atom stereocenters. The quantitative estimate of drug-likeness (QED) is 0.871. The first kappa shape index (κ1) is 14.9. The van der Waals surface area contributed by atoms with Crippen LogP contribution in [0.5, 0.6) is 0 Å². The highest BCUT2D eigenvalue weighted by atomic mass is 32.2. The lowest BCUT2D eigenvalue weighted by atomic mass is 10.1. The Morgan fingerprint density at radius 1 is 1.30 bits per heavy atom. The monoisotopic (exact) mass is 292 g/mol. The van der Waals surface area contributed by atoms with E-state index in [0.29, 0.717) is 13.1 Å². The number of hydrogen-bond donors (Lipinski definition) is 1. The average Bonchev–Trinajstić information content (AvgIpc) is 2.78. The van der Waals surface area contributed by atoms with Crippen molar-refractivity contribution < 1.29 is 9.59 Å². The third kappa shape index (κ3) is 2.98. The molecule has 0 radical (unpaired) electrons. The summed E-state index contributed by atoms with van der Waals surface area (Å²) in [7, 11) is 0. The molecule has 108 valence electrons. The molecule has 0 bridgehead atoms. The van der Waals surface area contributed by atoms with Crippen molar-refractivity contribution in [3.63, 3.8) is 0 Å². The van der Waals surface area contributed by atoms with E-state index in [1.165, 1.54) is 33.4 Å². The fourth-order valence-electron chi connectivity index (χ4n) is 2.48. The number of nitrogens with zero attached hydrogens (tertiary/aromatic N) is 1. The number of aryl methyl sites for hydroxylation is 3. The first-order chi connectivity index (χ1) is 9.40. The smallest absolute Gasteiger partial charge is 0.324 e. The molecular weight excluding hydrogens is 272 g/mol. The predicted octanol–water partition coefficient (Wildman–Crippen LogP) is 2.64. The van der Waals surface area contributed by atoms with Gasteiger partial charge in [-0.05, 0) is 38.8 Å². The summed E-state index contributed by atoms with van der Waals surface area (Å²) in [5.74, 6) is -0.121. The van der Waals surface area contributed by atoms with Crippen LogP contribution >= 0.6 is 11.8 Å². The van der Waals surface area contributed by atoms with Crippen LogP contribution in [0.15, 0.2) is 17.0 Å². The SMILES string of the molecule is Cc1cc(C)c(S[C@@H](C)C(=O)N2CCNC2=O)c(C)c1. The number of carbonyl (C=O) groups is 2. The molecule has 5 heteroatoms. The van der Waals surface area contributed by atoms with Gasteiger partial charge in [-0.1, -0.05) is 17.7 Å². The Morgan fingerprint density at radius 3 is 2.40 bits per heavy atom. The van der Waals surface area contributed by atoms with Gasteiger partial charge in [-0.15, -0.1) is 11.8 Å². The van der Waals surface area contributed by atoms with Crippen molar-refractivity contribution in [3.8, 4) is 0 Å². The van der Waals surface area contributed by atoms with E-state index in [4.69, 9.17) is 0 Å². The summed E-state index contributed by atoms with van der Waals surface area (Å²) in [6, 6.07) is 3.96. The fourth-order valence-corrected chi connectivity index (χ4v) is 3.55. The van der Waals surface area contributed by atoms with Crippen LogP contribution in [0.2, 0.25) is 0 Å². The molecule has 0 aromatic heterocycles. The van der Waals surface area contributed by atoms with Crippen molar-refractivity contribution in [2.24, 2.45) is 0 Å². The van der Waals surface area contributed by atoms with Crippen LogP contribution in [0.25, 0.3) is 0 Å². The number of rotatable bonds is 3. The van der Waals surface area contributed by atoms with Gasteiger partial charge in [0.25, 0.3) is 0 Å². The summed E-state index contributed by atoms with van der Waals surface area (Å²) in [6.07, 6.45) is 0. The minimum absolute atomic E-state index is 0.121. The lowest BCUT2D eigenvalue weighted by Crippen LogP contribution is -2.38. The number of carbonyl (C=O) groups excluding carboxylic acids is 2. The normalized spacial score (nSPS) is 16.2. The van der Waals surface area contributed by atoms with Crippen LogP contribution in [-0.2, 0) is 4.79 Å². The molecule has 1 aliphatic rings. The minimum atomic E-state index is -0.278. The topological polar surface area (TPSA) is 49.4 Å². The highest BCUT2D eigenvalue weighted by Crippen LogP contribution is 2.31. The molecule has 2 rings (SSSR count). The van der Waals surface area contributed by atoms with Gasteiger partial charge in [0.15, 0.2) is 0 Å². The van der Waals surface area contributed by atoms with E-state index >= 15 is 0 Å². The van der Waals surface area contributed by atoms with Crippen molar-refractivity contribution in [3.05, 3.63) is 28.8 Å². The van der Waals surface area contributed by atoms with Crippen molar-refractivity contribution in [1.82, 2.24) is 10.2 Å². The number of imide groups is 1. The molecule has 20 heavy (non-hydrogen) atoms. The van der Waals surface area contributed by atoms with Gasteiger partial charge in [0.1, 0.15) is 0 Å². The molecular formula is C15H20N2O2S. The molecule has 4 nitrogen and oxygen atoms in total. The second-order valence-electron chi connectivity index (χ2n) is 5.21. The molecule has 0 unspecified atom stereocenters. The van der Waals surface area contributed by atoms with Crippen molar-refractivity contribution in [2.45, 2.75) is 37.8 Å². The summed E-state index contributed by atoms with van der Waals surface area (Å²) in [6.45, 7) is 9.05. The summed E-state index contributed by atoms with van der Waals surface area (Å²) >= 11 is 1.53. The van der Waals surface area contributed by atoms with Gasteiger partial charge in [-0.2, -0.15) is 0 Å². The molecule has 0 spiro atoms. The third-order valence-electron chi connectivity index (χ3n) is 3.37. The number of hydrogen-bond acceptors (Lipinski definition) is 3. The second-order valence-corrected chi connectivity index (χ2v) is 6.56. The van der Waals surface area contributed by atoms with E-state index in [0.717, 1.165) is 4.90 Å².